The lowest BCUT2D eigenvalue weighted by Gasteiger charge is -2.04. The summed E-state index contributed by atoms with van der Waals surface area (Å²) < 4.78 is 11.1. The van der Waals surface area contributed by atoms with Crippen LogP contribution in [0.15, 0.2) is 58.2 Å². The van der Waals surface area contributed by atoms with Gasteiger partial charge in [-0.2, -0.15) is 0 Å². The van der Waals surface area contributed by atoms with Crippen molar-refractivity contribution in [1.82, 2.24) is 10.2 Å². The Balaban J connectivity index is 1.47. The molecule has 140 valence electrons. The minimum absolute atomic E-state index is 0.0439. The Bertz CT molecular complexity index is 876. The average molecular weight is 383 g/mol. The molecular formula is C20H21N3O3S. The van der Waals surface area contributed by atoms with Crippen LogP contribution in [0, 0.1) is 6.92 Å². The average Bonchev–Trinajstić information content (AvgIpc) is 3.13. The summed E-state index contributed by atoms with van der Waals surface area (Å²) in [5.41, 5.74) is 2.78. The number of carbonyl (C=O) groups excluding carboxylic acids is 1. The van der Waals surface area contributed by atoms with Crippen molar-refractivity contribution in [2.75, 3.05) is 17.7 Å². The molecular weight excluding hydrogens is 362 g/mol. The molecule has 3 aromatic rings. The summed E-state index contributed by atoms with van der Waals surface area (Å²) in [6.07, 6.45) is 0.360. The van der Waals surface area contributed by atoms with Gasteiger partial charge in [0, 0.05) is 23.4 Å². The monoisotopic (exact) mass is 383 g/mol. The van der Waals surface area contributed by atoms with Crippen LogP contribution in [0.2, 0.25) is 0 Å². The van der Waals surface area contributed by atoms with E-state index in [1.165, 1.54) is 11.8 Å². The van der Waals surface area contributed by atoms with Gasteiger partial charge in [0.05, 0.1) is 6.61 Å². The molecule has 1 aromatic heterocycles. The van der Waals surface area contributed by atoms with E-state index in [-0.39, 0.29) is 5.91 Å². The van der Waals surface area contributed by atoms with Gasteiger partial charge in [-0.1, -0.05) is 29.5 Å². The quantitative estimate of drug-likeness (QED) is 0.575. The van der Waals surface area contributed by atoms with E-state index in [2.05, 4.69) is 15.5 Å². The number of ether oxygens (including phenoxy) is 1. The normalized spacial score (nSPS) is 10.6. The molecule has 1 amide bonds. The minimum atomic E-state index is -0.0439. The number of nitrogens with one attached hydrogen (secondary N) is 1. The molecule has 6 nitrogen and oxygen atoms in total. The van der Waals surface area contributed by atoms with Crippen LogP contribution in [-0.2, 0) is 4.79 Å². The van der Waals surface area contributed by atoms with Gasteiger partial charge in [-0.15, -0.1) is 10.2 Å². The Labute approximate surface area is 162 Å². The molecule has 0 spiro atoms. The Morgan fingerprint density at radius 3 is 2.56 bits per heavy atom. The van der Waals surface area contributed by atoms with Crippen LogP contribution in [-0.4, -0.2) is 28.5 Å². The van der Waals surface area contributed by atoms with E-state index >= 15 is 0 Å². The standard InChI is InChI=1S/C20H21N3O3S/c1-3-25-17-10-6-15(7-11-17)19-22-23-20(26-19)27-13-12-18(24)21-16-8-4-14(2)5-9-16/h4-11H,3,12-13H2,1-2H3,(H,21,24). The second-order valence-electron chi connectivity index (χ2n) is 5.84. The Morgan fingerprint density at radius 2 is 1.85 bits per heavy atom. The summed E-state index contributed by atoms with van der Waals surface area (Å²) in [4.78, 5) is 12.0. The fourth-order valence-corrected chi connectivity index (χ4v) is 3.04. The molecule has 0 saturated carbocycles. The van der Waals surface area contributed by atoms with Crippen LogP contribution in [0.3, 0.4) is 0 Å². The largest absolute Gasteiger partial charge is 0.494 e. The summed E-state index contributed by atoms with van der Waals surface area (Å²) >= 11 is 1.36. The smallest absolute Gasteiger partial charge is 0.276 e. The number of thioether (sulfide) groups is 1. The van der Waals surface area contributed by atoms with Crippen molar-refractivity contribution in [2.45, 2.75) is 25.5 Å². The zero-order chi connectivity index (χ0) is 19.1. The van der Waals surface area contributed by atoms with E-state index in [0.717, 1.165) is 22.6 Å². The first-order valence-electron chi connectivity index (χ1n) is 8.70. The number of rotatable bonds is 8. The minimum Gasteiger partial charge on any atom is -0.494 e. The number of nitrogens with zero attached hydrogens (tertiary/aromatic N) is 2. The number of aryl methyl sites for hydroxylation is 1. The zero-order valence-corrected chi connectivity index (χ0v) is 16.1. The lowest BCUT2D eigenvalue weighted by molar-refractivity contribution is -0.115. The molecule has 2 aromatic carbocycles. The molecule has 0 radical (unpaired) electrons. The Kier molecular flexibility index (Phi) is 6.49. The molecule has 1 heterocycles. The number of hydrogen-bond acceptors (Lipinski definition) is 6. The van der Waals surface area contributed by atoms with Gasteiger partial charge in [0.2, 0.25) is 11.8 Å². The molecule has 3 rings (SSSR count). The van der Waals surface area contributed by atoms with Crippen molar-refractivity contribution in [3.63, 3.8) is 0 Å². The third kappa shape index (κ3) is 5.59. The van der Waals surface area contributed by atoms with Crippen molar-refractivity contribution in [3.8, 4) is 17.2 Å². The van der Waals surface area contributed by atoms with E-state index in [0.29, 0.717) is 29.9 Å². The van der Waals surface area contributed by atoms with Gasteiger partial charge in [-0.05, 0) is 50.2 Å². The summed E-state index contributed by atoms with van der Waals surface area (Å²) in [6, 6.07) is 15.2. The molecule has 0 aliphatic rings. The molecule has 1 N–H and O–H groups in total. The van der Waals surface area contributed by atoms with Crippen LogP contribution in [0.1, 0.15) is 18.9 Å². The fourth-order valence-electron chi connectivity index (χ4n) is 2.34. The lowest BCUT2D eigenvalue weighted by Crippen LogP contribution is -2.12. The first-order valence-corrected chi connectivity index (χ1v) is 9.68. The zero-order valence-electron chi connectivity index (χ0n) is 15.3. The van der Waals surface area contributed by atoms with E-state index in [9.17, 15) is 4.79 Å². The van der Waals surface area contributed by atoms with Gasteiger partial charge >= 0.3 is 0 Å². The molecule has 0 aliphatic heterocycles. The van der Waals surface area contributed by atoms with Crippen LogP contribution >= 0.6 is 11.8 Å². The van der Waals surface area contributed by atoms with Crippen LogP contribution in [0.5, 0.6) is 5.75 Å². The summed E-state index contributed by atoms with van der Waals surface area (Å²) in [7, 11) is 0. The maximum atomic E-state index is 12.0. The van der Waals surface area contributed by atoms with Crippen molar-refractivity contribution in [1.29, 1.82) is 0 Å². The highest BCUT2D eigenvalue weighted by atomic mass is 32.2. The molecule has 27 heavy (non-hydrogen) atoms. The third-order valence-corrected chi connectivity index (χ3v) is 4.53. The molecule has 0 fully saturated rings. The van der Waals surface area contributed by atoms with Crippen LogP contribution in [0.4, 0.5) is 5.69 Å². The van der Waals surface area contributed by atoms with Gasteiger partial charge in [-0.3, -0.25) is 4.79 Å². The van der Waals surface area contributed by atoms with Crippen molar-refractivity contribution in [3.05, 3.63) is 54.1 Å². The molecule has 0 atom stereocenters. The van der Waals surface area contributed by atoms with E-state index < -0.39 is 0 Å². The number of carbonyl (C=O) groups is 1. The van der Waals surface area contributed by atoms with E-state index in [4.69, 9.17) is 9.15 Å². The fraction of sp³-hybridized carbons (Fsp3) is 0.250. The van der Waals surface area contributed by atoms with Crippen LogP contribution in [0.25, 0.3) is 11.5 Å². The van der Waals surface area contributed by atoms with Gasteiger partial charge < -0.3 is 14.5 Å². The lowest BCUT2D eigenvalue weighted by atomic mass is 10.2. The second-order valence-corrected chi connectivity index (χ2v) is 6.89. The number of amides is 1. The molecule has 0 aliphatic carbocycles. The highest BCUT2D eigenvalue weighted by Crippen LogP contribution is 2.25. The molecule has 7 heteroatoms. The number of anilines is 1. The van der Waals surface area contributed by atoms with Crippen molar-refractivity contribution >= 4 is 23.4 Å². The summed E-state index contributed by atoms with van der Waals surface area (Å²) in [5, 5.41) is 11.4. The predicted octanol–water partition coefficient (Wildman–Crippen LogP) is 4.56. The molecule has 0 bridgehead atoms. The maximum absolute atomic E-state index is 12.0. The summed E-state index contributed by atoms with van der Waals surface area (Å²) in [5.74, 6) is 1.76. The maximum Gasteiger partial charge on any atom is 0.276 e. The highest BCUT2D eigenvalue weighted by molar-refractivity contribution is 7.99. The van der Waals surface area contributed by atoms with Crippen molar-refractivity contribution in [2.24, 2.45) is 0 Å². The van der Waals surface area contributed by atoms with Crippen molar-refractivity contribution < 1.29 is 13.9 Å². The van der Waals surface area contributed by atoms with E-state index in [1.807, 2.05) is 62.4 Å². The number of benzene rings is 2. The third-order valence-electron chi connectivity index (χ3n) is 3.71. The number of hydrogen-bond donors (Lipinski definition) is 1. The second kappa shape index (κ2) is 9.23. The topological polar surface area (TPSA) is 77.2 Å². The highest BCUT2D eigenvalue weighted by Gasteiger charge is 2.10. The van der Waals surface area contributed by atoms with Gasteiger partial charge in [0.25, 0.3) is 5.22 Å². The van der Waals surface area contributed by atoms with E-state index in [1.54, 1.807) is 0 Å². The Morgan fingerprint density at radius 1 is 1.11 bits per heavy atom. The van der Waals surface area contributed by atoms with Gasteiger partial charge in [0.1, 0.15) is 5.75 Å². The van der Waals surface area contributed by atoms with Gasteiger partial charge in [-0.25, -0.2) is 0 Å². The molecule has 0 saturated heterocycles. The molecule has 0 unspecified atom stereocenters. The number of aromatic nitrogens is 2. The predicted molar refractivity (Wildman–Crippen MR) is 106 cm³/mol. The summed E-state index contributed by atoms with van der Waals surface area (Å²) in [6.45, 7) is 4.57. The first kappa shape index (κ1) is 19.0. The van der Waals surface area contributed by atoms with Gasteiger partial charge in [0.15, 0.2) is 0 Å². The first-order chi connectivity index (χ1) is 13.1. The Hall–Kier alpha value is -2.80. The van der Waals surface area contributed by atoms with Crippen LogP contribution < -0.4 is 10.1 Å². The SMILES string of the molecule is CCOc1ccc(-c2nnc(SCCC(=O)Nc3ccc(C)cc3)o2)cc1.